The largest absolute Gasteiger partial charge is 0.497 e. The molecule has 6 nitrogen and oxygen atoms in total. The Bertz CT molecular complexity index is 865. The van der Waals surface area contributed by atoms with E-state index < -0.39 is 24.0 Å². The molecule has 1 heterocycles. The fourth-order valence-corrected chi connectivity index (χ4v) is 5.91. The van der Waals surface area contributed by atoms with E-state index in [1.165, 1.54) is 0 Å². The maximum atomic E-state index is 13.2. The average molecular weight is 431 g/mol. The SMILES string of the molecule is C=C(C(=O)O[C@@H]1C2(O[C@@H](C)[C@@H](C)O2)[C@H]2CC[C@]1(C)C2(C)C)C(O)c1ccc(OC)cc1. The van der Waals surface area contributed by atoms with Crippen LogP contribution in [0.15, 0.2) is 36.4 Å². The van der Waals surface area contributed by atoms with Gasteiger partial charge in [-0.2, -0.15) is 0 Å². The molecule has 1 spiro atoms. The van der Waals surface area contributed by atoms with Crippen LogP contribution in [0.5, 0.6) is 5.75 Å². The summed E-state index contributed by atoms with van der Waals surface area (Å²) in [5, 5.41) is 10.7. The summed E-state index contributed by atoms with van der Waals surface area (Å²) in [6.07, 6.45) is -0.0358. The van der Waals surface area contributed by atoms with E-state index in [0.717, 1.165) is 12.8 Å². The van der Waals surface area contributed by atoms with Gasteiger partial charge in [-0.05, 0) is 49.8 Å². The van der Waals surface area contributed by atoms with Gasteiger partial charge in [-0.15, -0.1) is 0 Å². The zero-order chi connectivity index (χ0) is 22.8. The Morgan fingerprint density at radius 3 is 2.29 bits per heavy atom. The van der Waals surface area contributed by atoms with Crippen molar-refractivity contribution in [1.82, 2.24) is 0 Å². The van der Waals surface area contributed by atoms with Crippen molar-refractivity contribution in [3.8, 4) is 5.75 Å². The molecule has 0 aromatic heterocycles. The number of esters is 1. The number of aliphatic hydroxyl groups is 1. The number of hydrogen-bond donors (Lipinski definition) is 1. The van der Waals surface area contributed by atoms with Crippen molar-refractivity contribution in [3.63, 3.8) is 0 Å². The number of benzene rings is 1. The first-order valence-corrected chi connectivity index (χ1v) is 11.1. The van der Waals surface area contributed by atoms with Crippen LogP contribution in [0.3, 0.4) is 0 Å². The number of carbonyl (C=O) groups is 1. The molecule has 4 rings (SSSR count). The third kappa shape index (κ3) is 3.06. The van der Waals surface area contributed by atoms with E-state index in [-0.39, 0.29) is 34.5 Å². The fraction of sp³-hybridized carbons (Fsp3) is 0.640. The molecule has 0 radical (unpaired) electrons. The van der Waals surface area contributed by atoms with Gasteiger partial charge in [0.05, 0.1) is 24.9 Å². The topological polar surface area (TPSA) is 74.2 Å². The van der Waals surface area contributed by atoms with Gasteiger partial charge < -0.3 is 24.1 Å². The van der Waals surface area contributed by atoms with Crippen LogP contribution in [0.1, 0.15) is 59.1 Å². The van der Waals surface area contributed by atoms with Crippen LogP contribution in [0.25, 0.3) is 0 Å². The van der Waals surface area contributed by atoms with E-state index in [4.69, 9.17) is 18.9 Å². The van der Waals surface area contributed by atoms with Crippen molar-refractivity contribution in [1.29, 1.82) is 0 Å². The van der Waals surface area contributed by atoms with E-state index in [2.05, 4.69) is 27.4 Å². The second-order valence-electron chi connectivity index (χ2n) is 10.1. The number of methoxy groups -OCH3 is 1. The first-order valence-electron chi connectivity index (χ1n) is 11.1. The Balaban J connectivity index is 1.59. The number of hydrogen-bond acceptors (Lipinski definition) is 6. The molecule has 1 saturated heterocycles. The lowest BCUT2D eigenvalue weighted by Gasteiger charge is -2.42. The van der Waals surface area contributed by atoms with Crippen molar-refractivity contribution in [2.75, 3.05) is 7.11 Å². The second-order valence-corrected chi connectivity index (χ2v) is 10.1. The molecule has 2 aliphatic carbocycles. The summed E-state index contributed by atoms with van der Waals surface area (Å²) < 4.78 is 24.1. The van der Waals surface area contributed by atoms with E-state index in [9.17, 15) is 9.90 Å². The Hall–Kier alpha value is -1.89. The standard InChI is InChI=1S/C25H34O6/c1-14(20(26)17-8-10-18(28-7)11-9-17)21(27)29-22-24(6)13-12-19(23(24,4)5)25(22)30-15(2)16(3)31-25/h8-11,15-16,19-20,22,26H,1,12-13H2,2-7H3/t15-,16+,19-,20?,22-,24-,25?/m0/s1. The van der Waals surface area contributed by atoms with Crippen LogP contribution in [0.2, 0.25) is 0 Å². The Morgan fingerprint density at radius 2 is 1.74 bits per heavy atom. The van der Waals surface area contributed by atoms with Gasteiger partial charge in [0.25, 0.3) is 0 Å². The number of ether oxygens (including phenoxy) is 4. The maximum Gasteiger partial charge on any atom is 0.336 e. The van der Waals surface area contributed by atoms with E-state index in [1.54, 1.807) is 31.4 Å². The van der Waals surface area contributed by atoms with Gasteiger partial charge in [-0.3, -0.25) is 0 Å². The lowest BCUT2D eigenvalue weighted by atomic mass is 9.70. The molecule has 2 bridgehead atoms. The third-order valence-corrected chi connectivity index (χ3v) is 8.38. The molecule has 1 aromatic rings. The van der Waals surface area contributed by atoms with Crippen LogP contribution in [0.4, 0.5) is 0 Å². The van der Waals surface area contributed by atoms with Crippen molar-refractivity contribution in [3.05, 3.63) is 42.0 Å². The summed E-state index contributed by atoms with van der Waals surface area (Å²) in [6.45, 7) is 14.4. The zero-order valence-electron chi connectivity index (χ0n) is 19.3. The first-order chi connectivity index (χ1) is 14.5. The van der Waals surface area contributed by atoms with E-state index in [1.807, 2.05) is 13.8 Å². The van der Waals surface area contributed by atoms with Crippen LogP contribution in [-0.2, 0) is 19.0 Å². The summed E-state index contributed by atoms with van der Waals surface area (Å²) in [5.74, 6) is -0.801. The molecule has 6 heteroatoms. The highest BCUT2D eigenvalue weighted by Gasteiger charge is 2.78. The molecule has 2 unspecified atom stereocenters. The number of fused-ring (bicyclic) bond motifs is 3. The van der Waals surface area contributed by atoms with Crippen molar-refractivity contribution in [2.45, 2.75) is 77.7 Å². The predicted octanol–water partition coefficient (Wildman–Crippen LogP) is 4.17. The van der Waals surface area contributed by atoms with Gasteiger partial charge >= 0.3 is 5.97 Å². The van der Waals surface area contributed by atoms with Crippen LogP contribution >= 0.6 is 0 Å². The summed E-state index contributed by atoms with van der Waals surface area (Å²) >= 11 is 0. The number of aliphatic hydroxyl groups excluding tert-OH is 1. The van der Waals surface area contributed by atoms with Gasteiger partial charge in [-0.25, -0.2) is 4.79 Å². The summed E-state index contributed by atoms with van der Waals surface area (Å²) in [5.41, 5.74) is 0.108. The minimum atomic E-state index is -1.17. The summed E-state index contributed by atoms with van der Waals surface area (Å²) in [7, 11) is 1.57. The van der Waals surface area contributed by atoms with E-state index >= 15 is 0 Å². The Morgan fingerprint density at radius 1 is 1.16 bits per heavy atom. The quantitative estimate of drug-likeness (QED) is 0.558. The minimum Gasteiger partial charge on any atom is -0.497 e. The highest BCUT2D eigenvalue weighted by Crippen LogP contribution is 2.72. The lowest BCUT2D eigenvalue weighted by Crippen LogP contribution is -2.53. The maximum absolute atomic E-state index is 13.2. The molecule has 31 heavy (non-hydrogen) atoms. The molecule has 0 amide bonds. The van der Waals surface area contributed by atoms with Gasteiger partial charge in [0.1, 0.15) is 11.9 Å². The first kappa shape index (κ1) is 22.3. The molecule has 3 fully saturated rings. The van der Waals surface area contributed by atoms with Crippen LogP contribution < -0.4 is 4.74 Å². The van der Waals surface area contributed by atoms with Crippen molar-refractivity contribution >= 4 is 5.97 Å². The summed E-state index contributed by atoms with van der Waals surface area (Å²) in [4.78, 5) is 13.2. The average Bonchev–Trinajstić information content (AvgIpc) is 3.20. The van der Waals surface area contributed by atoms with Gasteiger partial charge in [-0.1, -0.05) is 39.5 Å². The van der Waals surface area contributed by atoms with E-state index in [0.29, 0.717) is 11.3 Å². The normalized spacial score (nSPS) is 38.9. The zero-order valence-corrected chi connectivity index (χ0v) is 19.3. The van der Waals surface area contributed by atoms with Gasteiger partial charge in [0.2, 0.25) is 5.79 Å². The Labute approximate surface area is 184 Å². The molecule has 7 atom stereocenters. The van der Waals surface area contributed by atoms with Crippen molar-refractivity contribution in [2.24, 2.45) is 16.7 Å². The van der Waals surface area contributed by atoms with Gasteiger partial charge in [0.15, 0.2) is 6.10 Å². The smallest absolute Gasteiger partial charge is 0.336 e. The molecule has 2 saturated carbocycles. The molecule has 1 aromatic carbocycles. The summed E-state index contributed by atoms with van der Waals surface area (Å²) in [6, 6.07) is 6.87. The highest BCUT2D eigenvalue weighted by molar-refractivity contribution is 5.89. The molecular formula is C25H34O6. The van der Waals surface area contributed by atoms with Crippen molar-refractivity contribution < 1.29 is 28.8 Å². The predicted molar refractivity (Wildman–Crippen MR) is 115 cm³/mol. The number of rotatable bonds is 5. The Kier molecular flexibility index (Phi) is 5.27. The molecular weight excluding hydrogens is 396 g/mol. The lowest BCUT2D eigenvalue weighted by molar-refractivity contribution is -0.270. The minimum absolute atomic E-state index is 0.0106. The second kappa shape index (κ2) is 7.32. The van der Waals surface area contributed by atoms with Gasteiger partial charge in [0, 0.05) is 11.3 Å². The molecule has 170 valence electrons. The molecule has 1 aliphatic heterocycles. The fourth-order valence-electron chi connectivity index (χ4n) is 5.91. The number of carbonyl (C=O) groups excluding carboxylic acids is 1. The third-order valence-electron chi connectivity index (χ3n) is 8.38. The molecule has 1 N–H and O–H groups in total. The highest BCUT2D eigenvalue weighted by atomic mass is 16.8. The van der Waals surface area contributed by atoms with Crippen LogP contribution in [0, 0.1) is 16.7 Å². The van der Waals surface area contributed by atoms with Crippen LogP contribution in [-0.4, -0.2) is 42.3 Å². The molecule has 3 aliphatic rings. The monoisotopic (exact) mass is 430 g/mol.